The number of unbranched alkanes of at least 4 members (excludes halogenated alkanes) is 5. The summed E-state index contributed by atoms with van der Waals surface area (Å²) >= 11 is 3.12. The van der Waals surface area contributed by atoms with Crippen molar-refractivity contribution >= 4 is 16.0 Å². The SMILES string of the molecule is CCCCCCCCc1ccccc1C[Se]. The predicted molar refractivity (Wildman–Crippen MR) is 73.0 cm³/mol. The molecule has 1 aromatic rings. The van der Waals surface area contributed by atoms with Crippen molar-refractivity contribution in [3.05, 3.63) is 35.4 Å². The number of aryl methyl sites for hydroxylation is 1. The van der Waals surface area contributed by atoms with Gasteiger partial charge in [-0.3, -0.25) is 0 Å². The van der Waals surface area contributed by atoms with E-state index >= 15 is 0 Å². The summed E-state index contributed by atoms with van der Waals surface area (Å²) in [6, 6.07) is 8.81. The van der Waals surface area contributed by atoms with Gasteiger partial charge in [-0.25, -0.2) is 0 Å². The Kier molecular flexibility index (Phi) is 7.63. The Bertz CT molecular complexity index is 281. The van der Waals surface area contributed by atoms with Crippen molar-refractivity contribution in [2.75, 3.05) is 0 Å². The van der Waals surface area contributed by atoms with Gasteiger partial charge in [-0.1, -0.05) is 0 Å². The van der Waals surface area contributed by atoms with E-state index in [0.717, 1.165) is 5.32 Å². The van der Waals surface area contributed by atoms with Crippen LogP contribution in [0.2, 0.25) is 0 Å². The average Bonchev–Trinajstić information content (AvgIpc) is 2.34. The Balaban J connectivity index is 2.21. The van der Waals surface area contributed by atoms with Crippen LogP contribution >= 0.6 is 0 Å². The normalized spacial score (nSPS) is 10.6. The molecule has 1 rings (SSSR count). The molecule has 0 aliphatic carbocycles. The molecule has 16 heavy (non-hydrogen) atoms. The van der Waals surface area contributed by atoms with Crippen molar-refractivity contribution in [3.8, 4) is 0 Å². The van der Waals surface area contributed by atoms with Crippen molar-refractivity contribution in [1.29, 1.82) is 0 Å². The second-order valence-electron chi connectivity index (χ2n) is 4.43. The molecule has 0 amide bonds. The van der Waals surface area contributed by atoms with E-state index in [-0.39, 0.29) is 0 Å². The summed E-state index contributed by atoms with van der Waals surface area (Å²) in [5.41, 5.74) is 3.02. The first-order valence-corrected chi connectivity index (χ1v) is 7.74. The Morgan fingerprint density at radius 2 is 1.50 bits per heavy atom. The first-order chi connectivity index (χ1) is 7.88. The third-order valence-electron chi connectivity index (χ3n) is 3.07. The first-order valence-electron chi connectivity index (χ1n) is 6.53. The van der Waals surface area contributed by atoms with Crippen LogP contribution in [-0.2, 0) is 11.7 Å². The van der Waals surface area contributed by atoms with Crippen molar-refractivity contribution < 1.29 is 0 Å². The van der Waals surface area contributed by atoms with Crippen LogP contribution < -0.4 is 0 Å². The molecule has 0 unspecified atom stereocenters. The molecule has 0 saturated carbocycles. The van der Waals surface area contributed by atoms with Crippen LogP contribution in [0.25, 0.3) is 0 Å². The summed E-state index contributed by atoms with van der Waals surface area (Å²) in [7, 11) is 0. The molecule has 0 bridgehead atoms. The van der Waals surface area contributed by atoms with Crippen molar-refractivity contribution in [2.24, 2.45) is 0 Å². The maximum absolute atomic E-state index is 3.12. The van der Waals surface area contributed by atoms with Gasteiger partial charge < -0.3 is 0 Å². The van der Waals surface area contributed by atoms with E-state index in [4.69, 9.17) is 0 Å². The average molecular weight is 282 g/mol. The maximum atomic E-state index is 3.12. The Morgan fingerprint density at radius 3 is 2.19 bits per heavy atom. The summed E-state index contributed by atoms with van der Waals surface area (Å²) in [6.45, 7) is 2.27. The second kappa shape index (κ2) is 8.84. The van der Waals surface area contributed by atoms with E-state index in [0.29, 0.717) is 0 Å². The van der Waals surface area contributed by atoms with Crippen LogP contribution in [0.3, 0.4) is 0 Å². The monoisotopic (exact) mass is 283 g/mol. The fourth-order valence-corrected chi connectivity index (χ4v) is 2.63. The Hall–Kier alpha value is -0.261. The van der Waals surface area contributed by atoms with Crippen LogP contribution in [0.4, 0.5) is 0 Å². The van der Waals surface area contributed by atoms with Gasteiger partial charge in [0.2, 0.25) is 0 Å². The van der Waals surface area contributed by atoms with Crippen molar-refractivity contribution in [1.82, 2.24) is 0 Å². The molecule has 1 aromatic carbocycles. The van der Waals surface area contributed by atoms with Gasteiger partial charge in [0.05, 0.1) is 0 Å². The van der Waals surface area contributed by atoms with Crippen molar-refractivity contribution in [2.45, 2.75) is 57.2 Å². The molecule has 0 N–H and O–H groups in total. The molecule has 0 fully saturated rings. The van der Waals surface area contributed by atoms with Gasteiger partial charge in [-0.15, -0.1) is 0 Å². The number of hydrogen-bond donors (Lipinski definition) is 0. The van der Waals surface area contributed by atoms with Gasteiger partial charge in [-0.2, -0.15) is 0 Å². The topological polar surface area (TPSA) is 0 Å². The third-order valence-corrected chi connectivity index (χ3v) is 3.73. The molecular weight excluding hydrogens is 259 g/mol. The molecule has 0 saturated heterocycles. The van der Waals surface area contributed by atoms with E-state index in [1.165, 1.54) is 56.1 Å². The standard InChI is InChI=1S/C15H23Se/c1-2-3-4-5-6-7-10-14-11-8-9-12-15(14)13-16/h8-9,11-12H,2-7,10,13H2,1H3. The van der Waals surface area contributed by atoms with Gasteiger partial charge in [0.1, 0.15) is 0 Å². The molecule has 0 aliphatic heterocycles. The van der Waals surface area contributed by atoms with E-state index in [9.17, 15) is 0 Å². The fraction of sp³-hybridized carbons (Fsp3) is 0.600. The third kappa shape index (κ3) is 5.18. The summed E-state index contributed by atoms with van der Waals surface area (Å²) in [4.78, 5) is 0. The summed E-state index contributed by atoms with van der Waals surface area (Å²) in [5.74, 6) is 0. The first kappa shape index (κ1) is 13.8. The molecule has 0 spiro atoms. The molecule has 0 aliphatic rings. The molecule has 1 radical (unpaired) electrons. The second-order valence-corrected chi connectivity index (χ2v) is 5.04. The molecule has 1 heteroatoms. The number of benzene rings is 1. The molecule has 0 aromatic heterocycles. The minimum atomic E-state index is 1.05. The molecule has 0 heterocycles. The zero-order chi connectivity index (χ0) is 11.6. The summed E-state index contributed by atoms with van der Waals surface area (Å²) < 4.78 is 0. The Morgan fingerprint density at radius 1 is 0.875 bits per heavy atom. The predicted octanol–water partition coefficient (Wildman–Crippen LogP) is 4.26. The van der Waals surface area contributed by atoms with E-state index in [2.05, 4.69) is 47.2 Å². The summed E-state index contributed by atoms with van der Waals surface area (Å²) in [6.07, 6.45) is 9.56. The van der Waals surface area contributed by atoms with Crippen LogP contribution in [-0.4, -0.2) is 16.0 Å². The van der Waals surface area contributed by atoms with Crippen LogP contribution in [0.1, 0.15) is 56.6 Å². The molecule has 0 nitrogen and oxygen atoms in total. The minimum absolute atomic E-state index is 1.05. The van der Waals surface area contributed by atoms with Gasteiger partial charge >= 0.3 is 109 Å². The number of hydrogen-bond acceptors (Lipinski definition) is 0. The Labute approximate surface area is 109 Å². The zero-order valence-electron chi connectivity index (χ0n) is 10.4. The van der Waals surface area contributed by atoms with Crippen LogP contribution in [0.5, 0.6) is 0 Å². The quantitative estimate of drug-likeness (QED) is 0.494. The molecule has 89 valence electrons. The fourth-order valence-electron chi connectivity index (χ4n) is 2.04. The van der Waals surface area contributed by atoms with Gasteiger partial charge in [0.15, 0.2) is 0 Å². The van der Waals surface area contributed by atoms with Crippen LogP contribution in [0, 0.1) is 0 Å². The van der Waals surface area contributed by atoms with Crippen LogP contribution in [0.15, 0.2) is 24.3 Å². The van der Waals surface area contributed by atoms with Gasteiger partial charge in [-0.05, 0) is 0 Å². The molecular formula is C15H23Se. The van der Waals surface area contributed by atoms with E-state index in [1.807, 2.05) is 0 Å². The number of rotatable bonds is 8. The summed E-state index contributed by atoms with van der Waals surface area (Å²) in [5, 5.41) is 1.05. The van der Waals surface area contributed by atoms with Gasteiger partial charge in [0.25, 0.3) is 0 Å². The van der Waals surface area contributed by atoms with Crippen molar-refractivity contribution in [3.63, 3.8) is 0 Å². The van der Waals surface area contributed by atoms with Gasteiger partial charge in [0, 0.05) is 0 Å². The molecule has 0 atom stereocenters. The van der Waals surface area contributed by atoms with E-state index < -0.39 is 0 Å². The zero-order valence-corrected chi connectivity index (χ0v) is 12.1. The van der Waals surface area contributed by atoms with E-state index in [1.54, 1.807) is 0 Å².